The summed E-state index contributed by atoms with van der Waals surface area (Å²) < 4.78 is 42.3. The van der Waals surface area contributed by atoms with Crippen molar-refractivity contribution in [3.63, 3.8) is 0 Å². The van der Waals surface area contributed by atoms with Crippen LogP contribution in [0.5, 0.6) is 0 Å². The molecule has 0 aliphatic carbocycles. The molecule has 1 N–H and O–H groups in total. The van der Waals surface area contributed by atoms with Crippen LogP contribution in [-0.2, 0) is 25.5 Å². The van der Waals surface area contributed by atoms with Gasteiger partial charge in [-0.05, 0) is 22.8 Å². The molecule has 0 saturated carbocycles. The van der Waals surface area contributed by atoms with E-state index in [2.05, 4.69) is 41.9 Å². The number of ether oxygens (including phenoxy) is 2. The lowest BCUT2D eigenvalue weighted by Crippen LogP contribution is -2.44. The molecule has 0 radical (unpaired) electrons. The van der Waals surface area contributed by atoms with Gasteiger partial charge in [-0.3, -0.25) is 0 Å². The molecule has 4 nitrogen and oxygen atoms in total. The highest BCUT2D eigenvalue weighted by atomic mass is 35.5. The molecule has 2 aliphatic rings. The van der Waals surface area contributed by atoms with Gasteiger partial charge in [0.05, 0.1) is 25.9 Å². The number of nitrogens with one attached hydrogen (secondary N) is 1. The zero-order valence-electron chi connectivity index (χ0n) is 20.4. The van der Waals surface area contributed by atoms with Crippen LogP contribution in [0.15, 0.2) is 103 Å². The fraction of sp³-hybridized carbons (Fsp3) is 0.226. The summed E-state index contributed by atoms with van der Waals surface area (Å²) in [4.78, 5) is 5.62. The van der Waals surface area contributed by atoms with Crippen LogP contribution in [0.1, 0.15) is 22.3 Å². The Morgan fingerprint density at radius 1 is 0.842 bits per heavy atom. The molecule has 0 bridgehead atoms. The second-order valence-corrected chi connectivity index (χ2v) is 10.0. The molecule has 2 heterocycles. The molecule has 4 aromatic rings. The van der Waals surface area contributed by atoms with Crippen LogP contribution >= 0.6 is 11.6 Å². The maximum Gasteiger partial charge on any atom is 0.150 e. The minimum Gasteiger partial charge on any atom is -0.373 e. The summed E-state index contributed by atoms with van der Waals surface area (Å²) in [6, 6.07) is 32.8. The van der Waals surface area contributed by atoms with Gasteiger partial charge in [-0.1, -0.05) is 109 Å². The van der Waals surface area contributed by atoms with Gasteiger partial charge in [0.15, 0.2) is 0 Å². The third kappa shape index (κ3) is 4.04. The summed E-state index contributed by atoms with van der Waals surface area (Å²) >= 11 is 5.93. The normalized spacial score (nSPS) is 22.9. The first-order valence-corrected chi connectivity index (χ1v) is 12.9. The van der Waals surface area contributed by atoms with E-state index in [1.807, 2.05) is 54.6 Å². The largest absolute Gasteiger partial charge is 0.373 e. The highest BCUT2D eigenvalue weighted by molar-refractivity contribution is 6.31. The minimum atomic E-state index is -1.01. The molecule has 2 saturated heterocycles. The monoisotopic (exact) mass is 533 g/mol. The van der Waals surface area contributed by atoms with E-state index in [1.54, 1.807) is 0 Å². The summed E-state index contributed by atoms with van der Waals surface area (Å²) in [7, 11) is 0. The van der Waals surface area contributed by atoms with Crippen molar-refractivity contribution in [3.05, 3.63) is 142 Å². The Hall–Kier alpha value is -3.13. The minimum absolute atomic E-state index is 0.125. The Kier molecular flexibility index (Phi) is 6.76. The van der Waals surface area contributed by atoms with Gasteiger partial charge >= 0.3 is 0 Å². The maximum absolute atomic E-state index is 15.2. The fourth-order valence-corrected chi connectivity index (χ4v) is 5.90. The van der Waals surface area contributed by atoms with E-state index in [0.29, 0.717) is 0 Å². The van der Waals surface area contributed by atoms with Gasteiger partial charge in [-0.2, -0.15) is 5.48 Å². The van der Waals surface area contributed by atoms with Crippen LogP contribution in [0.3, 0.4) is 0 Å². The first-order valence-electron chi connectivity index (χ1n) is 12.5. The quantitative estimate of drug-likeness (QED) is 0.221. The number of benzene rings is 4. The number of rotatable bonds is 7. The molecule has 3 atom stereocenters. The van der Waals surface area contributed by atoms with Crippen LogP contribution in [0.4, 0.5) is 8.78 Å². The molecule has 7 heteroatoms. The molecule has 4 aromatic carbocycles. The molecular formula is C31H26ClF2NO3. The van der Waals surface area contributed by atoms with E-state index in [9.17, 15) is 4.39 Å². The number of hydrogen-bond acceptors (Lipinski definition) is 4. The summed E-state index contributed by atoms with van der Waals surface area (Å²) in [5.41, 5.74) is 4.16. The molecule has 0 amide bonds. The van der Waals surface area contributed by atoms with Crippen molar-refractivity contribution in [1.82, 2.24) is 5.48 Å². The summed E-state index contributed by atoms with van der Waals surface area (Å²) in [5.74, 6) is -1.91. The van der Waals surface area contributed by atoms with E-state index in [1.165, 1.54) is 12.1 Å². The topological polar surface area (TPSA) is 39.7 Å². The van der Waals surface area contributed by atoms with Crippen LogP contribution in [-0.4, -0.2) is 25.9 Å². The smallest absolute Gasteiger partial charge is 0.150 e. The SMILES string of the molecule is Fc1ccc(C23CO[C@H](COC(c4ccccc4)(c4ccccc4)c4ccccc4)[C@@H]2CON3)c(F)c1Cl. The van der Waals surface area contributed by atoms with E-state index in [0.717, 1.165) is 16.7 Å². The van der Waals surface area contributed by atoms with Crippen LogP contribution in [0.2, 0.25) is 5.02 Å². The Labute approximate surface area is 225 Å². The Bertz CT molecular complexity index is 1310. The molecule has 6 rings (SSSR count). The molecule has 2 fully saturated rings. The van der Waals surface area contributed by atoms with Crippen molar-refractivity contribution in [2.75, 3.05) is 19.8 Å². The first kappa shape index (κ1) is 25.2. The van der Waals surface area contributed by atoms with Gasteiger partial charge in [0, 0.05) is 11.5 Å². The number of hydrogen-bond donors (Lipinski definition) is 1. The van der Waals surface area contributed by atoms with E-state index >= 15 is 4.39 Å². The summed E-state index contributed by atoms with van der Waals surface area (Å²) in [5, 5.41) is -0.541. The second-order valence-electron chi connectivity index (χ2n) is 9.65. The van der Waals surface area contributed by atoms with Gasteiger partial charge in [-0.15, -0.1) is 0 Å². The van der Waals surface area contributed by atoms with E-state index in [4.69, 9.17) is 25.9 Å². The molecular weight excluding hydrogens is 508 g/mol. The highest BCUT2D eigenvalue weighted by Crippen LogP contribution is 2.47. The van der Waals surface area contributed by atoms with Gasteiger partial charge in [-0.25, -0.2) is 8.78 Å². The zero-order chi connectivity index (χ0) is 26.2. The molecule has 38 heavy (non-hydrogen) atoms. The van der Waals surface area contributed by atoms with Crippen LogP contribution in [0.25, 0.3) is 0 Å². The lowest BCUT2D eigenvalue weighted by molar-refractivity contribution is -0.0670. The standard InChI is InChI=1S/C31H26ClF2NO3/c32-28-26(33)17-16-24(29(28)34)30-20-36-27(25(30)18-38-35-30)19-37-31(21-10-4-1-5-11-21,22-12-6-2-7-13-22)23-14-8-3-9-15-23/h1-17,25,27,35H,18-20H2/t25-,27+,30?/m0/s1. The van der Waals surface area contributed by atoms with Crippen molar-refractivity contribution < 1.29 is 23.1 Å². The van der Waals surface area contributed by atoms with Crippen molar-refractivity contribution in [1.29, 1.82) is 0 Å². The molecule has 2 aliphatic heterocycles. The Balaban J connectivity index is 1.39. The van der Waals surface area contributed by atoms with Crippen molar-refractivity contribution >= 4 is 11.6 Å². The lowest BCUT2D eigenvalue weighted by atomic mass is 9.78. The second kappa shape index (κ2) is 10.2. The predicted molar refractivity (Wildman–Crippen MR) is 141 cm³/mol. The first-order chi connectivity index (χ1) is 18.6. The van der Waals surface area contributed by atoms with Crippen LogP contribution in [0, 0.1) is 17.6 Å². The van der Waals surface area contributed by atoms with Crippen molar-refractivity contribution in [3.8, 4) is 0 Å². The van der Waals surface area contributed by atoms with Crippen molar-refractivity contribution in [2.45, 2.75) is 17.2 Å². The summed E-state index contributed by atoms with van der Waals surface area (Å²) in [6.07, 6.45) is -0.427. The molecule has 0 aromatic heterocycles. The van der Waals surface area contributed by atoms with E-state index in [-0.39, 0.29) is 31.3 Å². The molecule has 0 spiro atoms. The predicted octanol–water partition coefficient (Wildman–Crippen LogP) is 6.37. The van der Waals surface area contributed by atoms with Gasteiger partial charge in [0.25, 0.3) is 0 Å². The lowest BCUT2D eigenvalue weighted by Gasteiger charge is -2.37. The zero-order valence-corrected chi connectivity index (χ0v) is 21.2. The average molecular weight is 534 g/mol. The van der Waals surface area contributed by atoms with Crippen LogP contribution < -0.4 is 5.48 Å². The third-order valence-electron chi connectivity index (χ3n) is 7.64. The fourth-order valence-electron chi connectivity index (χ4n) is 5.74. The molecule has 194 valence electrons. The molecule has 1 unspecified atom stereocenters. The van der Waals surface area contributed by atoms with E-state index < -0.39 is 33.9 Å². The average Bonchev–Trinajstić information content (AvgIpc) is 3.54. The Morgan fingerprint density at radius 2 is 1.39 bits per heavy atom. The number of halogens is 3. The Morgan fingerprint density at radius 3 is 1.95 bits per heavy atom. The van der Waals surface area contributed by atoms with Gasteiger partial charge in [0.1, 0.15) is 27.8 Å². The third-order valence-corrected chi connectivity index (χ3v) is 7.99. The number of hydroxylamine groups is 1. The van der Waals surface area contributed by atoms with Gasteiger partial charge in [0.2, 0.25) is 0 Å². The number of fused-ring (bicyclic) bond motifs is 1. The highest BCUT2D eigenvalue weighted by Gasteiger charge is 2.57. The maximum atomic E-state index is 15.2. The van der Waals surface area contributed by atoms with Gasteiger partial charge < -0.3 is 14.3 Å². The van der Waals surface area contributed by atoms with Crippen molar-refractivity contribution in [2.24, 2.45) is 5.92 Å². The summed E-state index contributed by atoms with van der Waals surface area (Å²) in [6.45, 7) is 0.601.